The first kappa shape index (κ1) is 8.94. The molecule has 1 heteroatoms. The molecular weight excluding hydrogens is 221 g/mol. The first-order valence-electron chi connectivity index (χ1n) is 3.86. The Bertz CT molecular complexity index is 251. The van der Waals surface area contributed by atoms with Gasteiger partial charge in [0.05, 0.1) is 0 Å². The molecule has 0 saturated heterocycles. The summed E-state index contributed by atoms with van der Waals surface area (Å²) in [5, 5.41) is 0. The second-order valence-electron chi connectivity index (χ2n) is 3.15. The van der Waals surface area contributed by atoms with Gasteiger partial charge < -0.3 is 0 Å². The van der Waals surface area contributed by atoms with E-state index in [9.17, 15) is 0 Å². The quantitative estimate of drug-likeness (QED) is 0.654. The van der Waals surface area contributed by atoms with E-state index in [1.165, 1.54) is 15.3 Å². The van der Waals surface area contributed by atoms with E-state index in [1.807, 2.05) is 0 Å². The maximum atomic E-state index is 2.65. The van der Waals surface area contributed by atoms with Crippen LogP contribution in [0.3, 0.4) is 0 Å². The van der Waals surface area contributed by atoms with E-state index in [0.29, 0.717) is 5.92 Å². The molecule has 1 rings (SSSR count). The van der Waals surface area contributed by atoms with Crippen molar-refractivity contribution in [3.8, 4) is 0 Å². The summed E-state index contributed by atoms with van der Waals surface area (Å²) in [6.45, 7) is 6.59. The van der Waals surface area contributed by atoms with Crippen LogP contribution in [0.1, 0.15) is 30.9 Å². The van der Waals surface area contributed by atoms with Gasteiger partial charge in [-0.05, 0) is 0 Å². The Kier molecular flexibility index (Phi) is 2.84. The molecular formula is C10H13Ru. The second-order valence-corrected chi connectivity index (χ2v) is 4.09. The van der Waals surface area contributed by atoms with E-state index in [1.54, 1.807) is 0 Å². The van der Waals surface area contributed by atoms with Crippen LogP contribution in [0.2, 0.25) is 0 Å². The average molecular weight is 234 g/mol. The summed E-state index contributed by atoms with van der Waals surface area (Å²) < 4.78 is 1.31. The Hall–Kier alpha value is -0.157. The van der Waals surface area contributed by atoms with E-state index in [-0.39, 0.29) is 0 Å². The SMILES string of the molecule is Cc1cc(C(C)C)cc[c]1[Ru]. The summed E-state index contributed by atoms with van der Waals surface area (Å²) >= 11 is 2.65. The van der Waals surface area contributed by atoms with Crippen molar-refractivity contribution >= 4 is 4.16 Å². The normalized spacial score (nSPS) is 10.6. The van der Waals surface area contributed by atoms with E-state index in [4.69, 9.17) is 0 Å². The van der Waals surface area contributed by atoms with Crippen LogP contribution in [-0.2, 0) is 18.3 Å². The van der Waals surface area contributed by atoms with Gasteiger partial charge in [0, 0.05) is 0 Å². The molecule has 0 bridgehead atoms. The number of hydrogen-bond donors (Lipinski definition) is 0. The Balaban J connectivity index is 3.05. The second kappa shape index (κ2) is 3.49. The zero-order valence-electron chi connectivity index (χ0n) is 7.16. The molecule has 1 aromatic rings. The fraction of sp³-hybridized carbons (Fsp3) is 0.400. The first-order valence-corrected chi connectivity index (χ1v) is 4.73. The standard InChI is InChI=1S/C10H13.Ru/c1-8(2)10-6-4-5-9(3)7-10;/h4,6-8H,1-3H3;. The third-order valence-electron chi connectivity index (χ3n) is 1.83. The van der Waals surface area contributed by atoms with Crippen molar-refractivity contribution in [1.82, 2.24) is 0 Å². The van der Waals surface area contributed by atoms with E-state index < -0.39 is 0 Å². The van der Waals surface area contributed by atoms with Crippen molar-refractivity contribution in [3.05, 3.63) is 29.3 Å². The minimum absolute atomic E-state index is 0.640. The third-order valence-corrected chi connectivity index (χ3v) is 2.81. The van der Waals surface area contributed by atoms with Gasteiger partial charge in [0.15, 0.2) is 0 Å². The zero-order chi connectivity index (χ0) is 8.43. The molecule has 0 N–H and O–H groups in total. The molecule has 0 aliphatic rings. The summed E-state index contributed by atoms with van der Waals surface area (Å²) in [7, 11) is 0. The van der Waals surface area contributed by atoms with Crippen LogP contribution in [0.25, 0.3) is 0 Å². The molecule has 0 fully saturated rings. The van der Waals surface area contributed by atoms with Gasteiger partial charge in [0.1, 0.15) is 0 Å². The fourth-order valence-electron chi connectivity index (χ4n) is 1.02. The molecule has 0 amide bonds. The van der Waals surface area contributed by atoms with Crippen molar-refractivity contribution in [3.63, 3.8) is 0 Å². The predicted octanol–water partition coefficient (Wildman–Crippen LogP) is 2.29. The van der Waals surface area contributed by atoms with Gasteiger partial charge in [-0.25, -0.2) is 0 Å². The maximum absolute atomic E-state index is 2.65. The number of benzene rings is 1. The first-order chi connectivity index (χ1) is 5.11. The van der Waals surface area contributed by atoms with Crippen molar-refractivity contribution < 1.29 is 18.3 Å². The van der Waals surface area contributed by atoms with Crippen LogP contribution in [0.4, 0.5) is 0 Å². The van der Waals surface area contributed by atoms with E-state index in [0.717, 1.165) is 0 Å². The van der Waals surface area contributed by atoms with Crippen molar-refractivity contribution in [2.24, 2.45) is 0 Å². The number of aryl methyl sites for hydroxylation is 1. The molecule has 0 aromatic heterocycles. The average Bonchev–Trinajstić information content (AvgIpc) is 1.94. The Morgan fingerprint density at radius 2 is 1.91 bits per heavy atom. The van der Waals surface area contributed by atoms with Crippen LogP contribution in [-0.4, -0.2) is 0 Å². The number of hydrogen-bond acceptors (Lipinski definition) is 0. The predicted molar refractivity (Wildman–Crippen MR) is 44.9 cm³/mol. The van der Waals surface area contributed by atoms with E-state index in [2.05, 4.69) is 57.3 Å². The summed E-state index contributed by atoms with van der Waals surface area (Å²) in [6, 6.07) is 6.63. The van der Waals surface area contributed by atoms with Gasteiger partial charge >= 0.3 is 78.5 Å². The van der Waals surface area contributed by atoms with Crippen molar-refractivity contribution in [1.29, 1.82) is 0 Å². The van der Waals surface area contributed by atoms with Crippen LogP contribution in [0.5, 0.6) is 0 Å². The van der Waals surface area contributed by atoms with Gasteiger partial charge in [-0.15, -0.1) is 0 Å². The molecule has 11 heavy (non-hydrogen) atoms. The molecule has 0 aliphatic heterocycles. The molecule has 61 valence electrons. The van der Waals surface area contributed by atoms with Crippen LogP contribution < -0.4 is 4.16 Å². The molecule has 0 spiro atoms. The molecule has 0 radical (unpaired) electrons. The molecule has 0 saturated carbocycles. The van der Waals surface area contributed by atoms with Gasteiger partial charge in [0.25, 0.3) is 0 Å². The van der Waals surface area contributed by atoms with Gasteiger partial charge in [-0.1, -0.05) is 0 Å². The molecule has 0 atom stereocenters. The monoisotopic (exact) mass is 235 g/mol. The number of rotatable bonds is 1. The van der Waals surface area contributed by atoms with Crippen LogP contribution >= 0.6 is 0 Å². The molecule has 0 unspecified atom stereocenters. The minimum atomic E-state index is 0.640. The Morgan fingerprint density at radius 3 is 2.36 bits per heavy atom. The van der Waals surface area contributed by atoms with Gasteiger partial charge in [-0.2, -0.15) is 0 Å². The van der Waals surface area contributed by atoms with E-state index >= 15 is 0 Å². The summed E-state index contributed by atoms with van der Waals surface area (Å²) in [5.74, 6) is 0.640. The summed E-state index contributed by atoms with van der Waals surface area (Å²) in [6.07, 6.45) is 0. The fourth-order valence-corrected chi connectivity index (χ4v) is 1.29. The Morgan fingerprint density at radius 1 is 1.27 bits per heavy atom. The molecule has 0 nitrogen and oxygen atoms in total. The van der Waals surface area contributed by atoms with Crippen LogP contribution in [0.15, 0.2) is 18.2 Å². The molecule has 0 aliphatic carbocycles. The molecule has 0 heterocycles. The Labute approximate surface area is 78.7 Å². The van der Waals surface area contributed by atoms with Gasteiger partial charge in [-0.3, -0.25) is 0 Å². The summed E-state index contributed by atoms with van der Waals surface area (Å²) in [5.41, 5.74) is 2.80. The van der Waals surface area contributed by atoms with Gasteiger partial charge in [0.2, 0.25) is 0 Å². The van der Waals surface area contributed by atoms with Crippen molar-refractivity contribution in [2.75, 3.05) is 0 Å². The topological polar surface area (TPSA) is 0 Å². The zero-order valence-corrected chi connectivity index (χ0v) is 8.90. The van der Waals surface area contributed by atoms with Crippen LogP contribution in [0, 0.1) is 6.92 Å². The summed E-state index contributed by atoms with van der Waals surface area (Å²) in [4.78, 5) is 0. The van der Waals surface area contributed by atoms with Crippen molar-refractivity contribution in [2.45, 2.75) is 26.7 Å². The molecule has 1 aromatic carbocycles. The third kappa shape index (κ3) is 2.13.